The maximum Gasteiger partial charge on any atom is 0.210 e. The molecule has 0 atom stereocenters. The average molecular weight is 536 g/mol. The van der Waals surface area contributed by atoms with Gasteiger partial charge in [-0.05, 0) is 72.5 Å². The molecule has 0 aliphatic carbocycles. The summed E-state index contributed by atoms with van der Waals surface area (Å²) in [5.41, 5.74) is 3.15. The molecule has 8 heteroatoms. The van der Waals surface area contributed by atoms with Crippen LogP contribution in [0.25, 0.3) is 11.0 Å². The third-order valence-electron chi connectivity index (χ3n) is 7.03. The van der Waals surface area contributed by atoms with Gasteiger partial charge in [0, 0.05) is 31.4 Å². The van der Waals surface area contributed by atoms with E-state index in [9.17, 15) is 8.42 Å². The topological polar surface area (TPSA) is 78.2 Å². The molecule has 0 bridgehead atoms. The Labute approximate surface area is 223 Å². The summed E-state index contributed by atoms with van der Waals surface area (Å²) in [7, 11) is -0.407. The van der Waals surface area contributed by atoms with Crippen molar-refractivity contribution in [1.82, 2.24) is 4.90 Å². The highest BCUT2D eigenvalue weighted by Crippen LogP contribution is 2.35. The van der Waals surface area contributed by atoms with Crippen molar-refractivity contribution in [1.29, 1.82) is 0 Å². The second-order valence-corrected chi connectivity index (χ2v) is 11.3. The van der Waals surface area contributed by atoms with Gasteiger partial charge in [0.25, 0.3) is 0 Å². The number of sulfone groups is 1. The molecule has 0 unspecified atom stereocenters. The molecule has 38 heavy (non-hydrogen) atoms. The van der Waals surface area contributed by atoms with Crippen molar-refractivity contribution in [3.63, 3.8) is 0 Å². The summed E-state index contributed by atoms with van der Waals surface area (Å²) in [4.78, 5) is 2.89. The number of methoxy groups -OCH3 is 2. The van der Waals surface area contributed by atoms with Crippen LogP contribution in [-0.2, 0) is 29.2 Å². The fraction of sp³-hybridized carbons (Fsp3) is 0.333. The number of fused-ring (bicyclic) bond motifs is 2. The Balaban J connectivity index is 1.18. The minimum absolute atomic E-state index is 0.227. The molecule has 0 N–H and O–H groups in total. The van der Waals surface area contributed by atoms with E-state index >= 15 is 0 Å². The van der Waals surface area contributed by atoms with Crippen LogP contribution in [0, 0.1) is 0 Å². The van der Waals surface area contributed by atoms with Crippen molar-refractivity contribution >= 4 is 20.8 Å². The Morgan fingerprint density at radius 3 is 2.37 bits per heavy atom. The van der Waals surface area contributed by atoms with Crippen LogP contribution in [-0.4, -0.2) is 47.2 Å². The van der Waals surface area contributed by atoms with Gasteiger partial charge in [0.1, 0.15) is 22.0 Å². The average Bonchev–Trinajstić information content (AvgIpc) is 3.34. The van der Waals surface area contributed by atoms with Crippen LogP contribution >= 0.6 is 0 Å². The van der Waals surface area contributed by atoms with Crippen LogP contribution in [0.4, 0.5) is 0 Å². The van der Waals surface area contributed by atoms with E-state index in [4.69, 9.17) is 18.6 Å². The lowest BCUT2D eigenvalue weighted by Gasteiger charge is -2.29. The number of hydrogen-bond acceptors (Lipinski definition) is 7. The van der Waals surface area contributed by atoms with Gasteiger partial charge in [-0.25, -0.2) is 8.42 Å². The second kappa shape index (κ2) is 11.1. The molecule has 0 spiro atoms. The van der Waals surface area contributed by atoms with Gasteiger partial charge in [-0.3, -0.25) is 4.90 Å². The van der Waals surface area contributed by atoms with Gasteiger partial charge in [0.05, 0.1) is 25.7 Å². The number of rotatable bonds is 10. The Bertz CT molecular complexity index is 1520. The molecule has 0 saturated heterocycles. The van der Waals surface area contributed by atoms with Gasteiger partial charge >= 0.3 is 0 Å². The van der Waals surface area contributed by atoms with Crippen molar-refractivity contribution in [2.75, 3.05) is 33.9 Å². The summed E-state index contributed by atoms with van der Waals surface area (Å²) in [5, 5.41) is 0.614. The molecule has 7 nitrogen and oxygen atoms in total. The molecule has 0 amide bonds. The molecule has 3 aromatic carbocycles. The Hall–Kier alpha value is -3.49. The van der Waals surface area contributed by atoms with E-state index in [1.165, 1.54) is 11.1 Å². The molecule has 0 fully saturated rings. The monoisotopic (exact) mass is 535 g/mol. The third kappa shape index (κ3) is 5.11. The van der Waals surface area contributed by atoms with Gasteiger partial charge in [-0.15, -0.1) is 0 Å². The number of furan rings is 1. The highest BCUT2D eigenvalue weighted by molar-refractivity contribution is 7.91. The highest BCUT2D eigenvalue weighted by atomic mass is 32.2. The lowest BCUT2D eigenvalue weighted by atomic mass is 9.98. The zero-order chi connectivity index (χ0) is 26.7. The van der Waals surface area contributed by atoms with E-state index in [1.54, 1.807) is 50.6 Å². The molecule has 0 radical (unpaired) electrons. The summed E-state index contributed by atoms with van der Waals surface area (Å²) < 4.78 is 49.6. The Morgan fingerprint density at radius 1 is 0.947 bits per heavy atom. The molecular weight excluding hydrogens is 502 g/mol. The van der Waals surface area contributed by atoms with Crippen LogP contribution in [0.5, 0.6) is 17.2 Å². The number of para-hydroxylation sites is 1. The quantitative estimate of drug-likeness (QED) is 0.242. The minimum Gasteiger partial charge on any atom is -0.494 e. The van der Waals surface area contributed by atoms with Crippen LogP contribution in [0.3, 0.4) is 0 Å². The Morgan fingerprint density at radius 2 is 1.66 bits per heavy atom. The number of ether oxygens (including phenoxy) is 3. The summed E-state index contributed by atoms with van der Waals surface area (Å²) in [5.74, 6) is 2.66. The summed E-state index contributed by atoms with van der Waals surface area (Å²) in [6.45, 7) is 5.20. The van der Waals surface area contributed by atoms with E-state index in [0.717, 1.165) is 44.0 Å². The van der Waals surface area contributed by atoms with Crippen LogP contribution in [0.2, 0.25) is 0 Å². The molecular formula is C30H33NO6S. The first kappa shape index (κ1) is 26.1. The molecule has 1 aliphatic rings. The standard InChI is InChI=1S/C30H33NO6S/c1-4-26-30(25-8-5-6-9-27(25)37-26)38(32,33)24-12-10-23(11-13-24)36-17-7-15-31-16-14-21-18-28(34-2)29(35-3)19-22(21)20-31/h5-6,8-13,18-19H,4,7,14-17,20H2,1-3H3. The molecule has 0 saturated carbocycles. The maximum absolute atomic E-state index is 13.5. The normalized spacial score (nSPS) is 13.9. The second-order valence-electron chi connectivity index (χ2n) is 9.38. The number of benzene rings is 3. The first-order chi connectivity index (χ1) is 18.4. The molecule has 5 rings (SSSR count). The molecule has 1 aliphatic heterocycles. The molecule has 1 aromatic heterocycles. The SMILES string of the molecule is CCc1oc2ccccc2c1S(=O)(=O)c1ccc(OCCCN2CCc3cc(OC)c(OC)cc3C2)cc1. The summed E-state index contributed by atoms with van der Waals surface area (Å²) in [6, 6.07) is 18.0. The van der Waals surface area contributed by atoms with Crippen molar-refractivity contribution in [3.8, 4) is 17.2 Å². The van der Waals surface area contributed by atoms with Gasteiger partial charge < -0.3 is 18.6 Å². The van der Waals surface area contributed by atoms with Crippen LogP contribution in [0.1, 0.15) is 30.2 Å². The van der Waals surface area contributed by atoms with E-state index in [2.05, 4.69) is 17.0 Å². The third-order valence-corrected chi connectivity index (χ3v) is 8.90. The predicted molar refractivity (Wildman–Crippen MR) is 146 cm³/mol. The van der Waals surface area contributed by atoms with Crippen LogP contribution < -0.4 is 14.2 Å². The fourth-order valence-corrected chi connectivity index (χ4v) is 6.72. The zero-order valence-electron chi connectivity index (χ0n) is 22.0. The van der Waals surface area contributed by atoms with Gasteiger partial charge in [-0.1, -0.05) is 19.1 Å². The summed E-state index contributed by atoms with van der Waals surface area (Å²) >= 11 is 0. The Kier molecular flexibility index (Phi) is 7.63. The largest absolute Gasteiger partial charge is 0.494 e. The number of nitrogens with zero attached hydrogens (tertiary/aromatic N) is 1. The van der Waals surface area contributed by atoms with Crippen LogP contribution in [0.15, 0.2) is 74.9 Å². The van der Waals surface area contributed by atoms with E-state index in [0.29, 0.717) is 35.5 Å². The van der Waals surface area contributed by atoms with Gasteiger partial charge in [0.2, 0.25) is 9.84 Å². The lowest BCUT2D eigenvalue weighted by molar-refractivity contribution is 0.220. The number of aryl methyl sites for hydroxylation is 1. The van der Waals surface area contributed by atoms with Crippen molar-refractivity contribution in [2.45, 2.75) is 42.5 Å². The van der Waals surface area contributed by atoms with E-state index < -0.39 is 9.84 Å². The first-order valence-electron chi connectivity index (χ1n) is 12.9. The molecule has 4 aromatic rings. The zero-order valence-corrected chi connectivity index (χ0v) is 22.8. The van der Waals surface area contributed by atoms with Crippen molar-refractivity contribution in [2.24, 2.45) is 0 Å². The molecule has 2 heterocycles. The highest BCUT2D eigenvalue weighted by Gasteiger charge is 2.27. The predicted octanol–water partition coefficient (Wildman–Crippen LogP) is 5.67. The van der Waals surface area contributed by atoms with E-state index in [-0.39, 0.29) is 9.79 Å². The molecule has 200 valence electrons. The fourth-order valence-electron chi connectivity index (χ4n) is 5.04. The van der Waals surface area contributed by atoms with Crippen molar-refractivity contribution < 1.29 is 27.0 Å². The smallest absolute Gasteiger partial charge is 0.210 e. The first-order valence-corrected chi connectivity index (χ1v) is 14.4. The van der Waals surface area contributed by atoms with Gasteiger partial charge in [0.15, 0.2) is 11.5 Å². The summed E-state index contributed by atoms with van der Waals surface area (Å²) in [6.07, 6.45) is 2.33. The lowest BCUT2D eigenvalue weighted by Crippen LogP contribution is -2.32. The van der Waals surface area contributed by atoms with Crippen molar-refractivity contribution in [3.05, 3.63) is 77.6 Å². The van der Waals surface area contributed by atoms with E-state index in [1.807, 2.05) is 19.1 Å². The maximum atomic E-state index is 13.5. The van der Waals surface area contributed by atoms with Gasteiger partial charge in [-0.2, -0.15) is 0 Å². The minimum atomic E-state index is -3.73. The number of hydrogen-bond donors (Lipinski definition) is 0.